The monoisotopic (exact) mass is 671 g/mol. The van der Waals surface area contributed by atoms with E-state index in [-0.39, 0.29) is 22.2 Å². The molecule has 4 rings (SSSR count). The number of anilines is 1. The molecule has 13 nitrogen and oxygen atoms in total. The number of carboxylic acid groups (broad SMARTS) is 2. The third kappa shape index (κ3) is 9.54. The number of benzene rings is 3. The molecule has 0 bridgehead atoms. The fourth-order valence-electron chi connectivity index (χ4n) is 4.16. The molecule has 0 saturated heterocycles. The number of esters is 1. The van der Waals surface area contributed by atoms with Gasteiger partial charge < -0.3 is 29.5 Å². The number of aliphatic carboxylic acids is 2. The Bertz CT molecular complexity index is 1610. The molecule has 1 amide bonds. The Hall–Kier alpha value is -4.92. The lowest BCUT2D eigenvalue weighted by Gasteiger charge is -2.28. The van der Waals surface area contributed by atoms with Crippen LogP contribution in [0, 0.1) is 10.1 Å². The highest BCUT2D eigenvalue weighted by atomic mass is 35.5. The molecular weight excluding hydrogens is 642 g/mol. The smallest absolute Gasteiger partial charge is 0.340 e. The number of carbonyl (C=O) groups is 4. The topological polar surface area (TPSA) is 177 Å². The van der Waals surface area contributed by atoms with E-state index < -0.39 is 34.2 Å². The Morgan fingerprint density at radius 2 is 1.67 bits per heavy atom. The molecule has 0 saturated carbocycles. The summed E-state index contributed by atoms with van der Waals surface area (Å²) in [6.45, 7) is 0.970. The third-order valence-corrected chi connectivity index (χ3v) is 8.08. The lowest BCUT2D eigenvalue weighted by Crippen LogP contribution is -2.45. The zero-order chi connectivity index (χ0) is 34.0. The molecule has 1 aliphatic rings. The minimum absolute atomic E-state index is 0.0647. The zero-order valence-electron chi connectivity index (χ0n) is 24.9. The Morgan fingerprint density at radius 1 is 1.04 bits per heavy atom. The van der Waals surface area contributed by atoms with Crippen LogP contribution in [0.2, 0.25) is 5.02 Å². The quantitative estimate of drug-likeness (QED) is 0.129. The summed E-state index contributed by atoms with van der Waals surface area (Å²) in [7, 11) is 5.39. The molecule has 3 aromatic rings. The van der Waals surface area contributed by atoms with Crippen molar-refractivity contribution in [1.82, 2.24) is 4.90 Å². The highest BCUT2D eigenvalue weighted by Gasteiger charge is 2.41. The van der Waals surface area contributed by atoms with Crippen LogP contribution in [0.25, 0.3) is 0 Å². The molecule has 0 aliphatic carbocycles. The molecule has 46 heavy (non-hydrogen) atoms. The average Bonchev–Trinajstić information content (AvgIpc) is 3.13. The Balaban J connectivity index is 0.000000637. The number of carboxylic acids is 2. The molecule has 3 aromatic carbocycles. The second-order valence-corrected chi connectivity index (χ2v) is 11.4. The van der Waals surface area contributed by atoms with Crippen molar-refractivity contribution in [3.8, 4) is 5.75 Å². The number of amides is 1. The third-order valence-electron chi connectivity index (χ3n) is 6.40. The zero-order valence-corrected chi connectivity index (χ0v) is 26.4. The number of hydrogen-bond donors (Lipinski definition) is 2. The van der Waals surface area contributed by atoms with Crippen molar-refractivity contribution >= 4 is 58.6 Å². The summed E-state index contributed by atoms with van der Waals surface area (Å²) in [4.78, 5) is 61.5. The van der Waals surface area contributed by atoms with Crippen LogP contribution < -0.4 is 9.64 Å². The summed E-state index contributed by atoms with van der Waals surface area (Å²) in [5.41, 5.74) is 1.18. The van der Waals surface area contributed by atoms with E-state index in [2.05, 4.69) is 0 Å². The molecular formula is C31H30ClN3O10S. The Morgan fingerprint density at radius 3 is 2.22 bits per heavy atom. The number of thioether (sulfide) groups is 1. The van der Waals surface area contributed by atoms with Crippen LogP contribution in [0.1, 0.15) is 21.2 Å². The van der Waals surface area contributed by atoms with E-state index in [4.69, 9.17) is 31.3 Å². The number of nitrogens with zero attached hydrogens (tertiary/aromatic N) is 3. The molecule has 15 heteroatoms. The van der Waals surface area contributed by atoms with Crippen LogP contribution in [-0.2, 0) is 19.1 Å². The minimum atomic E-state index is -1.26. The van der Waals surface area contributed by atoms with Crippen LogP contribution in [-0.4, -0.2) is 84.2 Å². The van der Waals surface area contributed by atoms with Crippen LogP contribution in [0.4, 0.5) is 11.4 Å². The van der Waals surface area contributed by atoms with Gasteiger partial charge in [-0.2, -0.15) is 0 Å². The SMILES string of the molecule is COc1ccc([C@H]2Sc3ccccc3N(CCN(C)C)C(=O)[C@H]2OC(=O)c2ccc([N+](=O)[O-])cc2Cl)cc1.O=C(O)/C=C/C(=O)O. The van der Waals surface area contributed by atoms with Crippen LogP contribution in [0.3, 0.4) is 0 Å². The maximum Gasteiger partial charge on any atom is 0.340 e. The number of ether oxygens (including phenoxy) is 2. The summed E-state index contributed by atoms with van der Waals surface area (Å²) in [5, 5.41) is 26.0. The van der Waals surface area contributed by atoms with Gasteiger partial charge >= 0.3 is 17.9 Å². The summed E-state index contributed by atoms with van der Waals surface area (Å²) in [5.74, 6) is -3.09. The van der Waals surface area contributed by atoms with Gasteiger partial charge in [-0.15, -0.1) is 11.8 Å². The number of carbonyl (C=O) groups excluding carboxylic acids is 2. The molecule has 0 unspecified atom stereocenters. The number of non-ortho nitro benzene ring substituents is 1. The minimum Gasteiger partial charge on any atom is -0.497 e. The summed E-state index contributed by atoms with van der Waals surface area (Å²) in [6, 6.07) is 18.3. The maximum absolute atomic E-state index is 14.1. The largest absolute Gasteiger partial charge is 0.497 e. The van der Waals surface area contributed by atoms with Crippen molar-refractivity contribution in [2.45, 2.75) is 16.2 Å². The van der Waals surface area contributed by atoms with Crippen LogP contribution in [0.15, 0.2) is 83.8 Å². The Labute approximate surface area is 273 Å². The maximum atomic E-state index is 14.1. The number of hydrogen-bond acceptors (Lipinski definition) is 10. The van der Waals surface area contributed by atoms with Crippen LogP contribution >= 0.6 is 23.4 Å². The molecule has 2 atom stereocenters. The van der Waals surface area contributed by atoms with E-state index in [0.717, 1.165) is 22.2 Å². The highest BCUT2D eigenvalue weighted by molar-refractivity contribution is 7.99. The van der Waals surface area contributed by atoms with Gasteiger partial charge in [0, 0.05) is 42.3 Å². The molecule has 1 heterocycles. The summed E-state index contributed by atoms with van der Waals surface area (Å²) in [6.07, 6.45) is -0.0910. The fraction of sp³-hybridized carbons (Fsp3) is 0.226. The number of para-hydroxylation sites is 1. The predicted molar refractivity (Wildman–Crippen MR) is 171 cm³/mol. The van der Waals surface area contributed by atoms with E-state index in [1.807, 2.05) is 55.4 Å². The lowest BCUT2D eigenvalue weighted by atomic mass is 10.0. The fourth-order valence-corrected chi connectivity index (χ4v) is 5.73. The number of rotatable bonds is 10. The number of methoxy groups -OCH3 is 1. The average molecular weight is 672 g/mol. The summed E-state index contributed by atoms with van der Waals surface area (Å²) < 4.78 is 11.2. The van der Waals surface area contributed by atoms with Gasteiger partial charge in [0.05, 0.1) is 33.6 Å². The van der Waals surface area contributed by atoms with Gasteiger partial charge in [0.2, 0.25) is 0 Å². The molecule has 0 radical (unpaired) electrons. The number of nitro benzene ring substituents is 1. The molecule has 2 N–H and O–H groups in total. The summed E-state index contributed by atoms with van der Waals surface area (Å²) >= 11 is 7.63. The van der Waals surface area contributed by atoms with Crippen molar-refractivity contribution < 1.29 is 43.8 Å². The van der Waals surface area contributed by atoms with Crippen molar-refractivity contribution in [3.05, 3.63) is 105 Å². The van der Waals surface area contributed by atoms with Crippen molar-refractivity contribution in [1.29, 1.82) is 0 Å². The second kappa shape index (κ2) is 16.4. The first-order valence-corrected chi connectivity index (χ1v) is 14.7. The normalized spacial score (nSPS) is 15.8. The van der Waals surface area contributed by atoms with Gasteiger partial charge in [-0.1, -0.05) is 35.9 Å². The second-order valence-electron chi connectivity index (χ2n) is 9.83. The van der Waals surface area contributed by atoms with Gasteiger partial charge in [0.1, 0.15) is 5.75 Å². The molecule has 0 aromatic heterocycles. The first kappa shape index (κ1) is 35.6. The van der Waals surface area contributed by atoms with E-state index in [9.17, 15) is 29.3 Å². The lowest BCUT2D eigenvalue weighted by molar-refractivity contribution is -0.384. The Kier molecular flexibility index (Phi) is 12.7. The van der Waals surface area contributed by atoms with Crippen molar-refractivity contribution in [3.63, 3.8) is 0 Å². The first-order valence-electron chi connectivity index (χ1n) is 13.5. The van der Waals surface area contributed by atoms with Gasteiger partial charge in [-0.25, -0.2) is 14.4 Å². The van der Waals surface area contributed by atoms with Gasteiger partial charge in [0.25, 0.3) is 11.6 Å². The highest BCUT2D eigenvalue weighted by Crippen LogP contribution is 2.47. The van der Waals surface area contributed by atoms with E-state index in [1.54, 1.807) is 24.1 Å². The van der Waals surface area contributed by atoms with Gasteiger partial charge in [-0.3, -0.25) is 14.9 Å². The van der Waals surface area contributed by atoms with E-state index in [1.165, 1.54) is 23.9 Å². The van der Waals surface area contributed by atoms with Crippen molar-refractivity contribution in [2.24, 2.45) is 0 Å². The number of fused-ring (bicyclic) bond motifs is 1. The van der Waals surface area contributed by atoms with Gasteiger partial charge in [-0.05, 0) is 50.0 Å². The predicted octanol–water partition coefficient (Wildman–Crippen LogP) is 4.94. The standard InChI is InChI=1S/C27H26ClN3O6S.C4H4O4/c1-29(2)14-15-30-22-6-4-5-7-23(22)38-25(17-8-11-19(36-3)12-9-17)24(26(30)32)37-27(33)20-13-10-18(31(34)35)16-21(20)28;5-3(6)1-2-4(7)8/h4-13,16,24-25H,14-15H2,1-3H3;1-2H,(H,5,6)(H,7,8)/b;2-1+/t24-,25+;/m0./s1. The number of halogens is 1. The first-order chi connectivity index (χ1) is 21.8. The molecule has 242 valence electrons. The van der Waals surface area contributed by atoms with Gasteiger partial charge in [0.15, 0.2) is 6.10 Å². The number of likely N-dealkylation sites (N-methyl/N-ethyl adjacent to an activating group) is 1. The van der Waals surface area contributed by atoms with Crippen LogP contribution in [0.5, 0.6) is 5.75 Å². The molecule has 1 aliphatic heterocycles. The number of nitro groups is 1. The molecule has 0 spiro atoms. The van der Waals surface area contributed by atoms with E-state index >= 15 is 0 Å². The molecule has 0 fully saturated rings. The van der Waals surface area contributed by atoms with Crippen molar-refractivity contribution in [2.75, 3.05) is 39.2 Å². The van der Waals surface area contributed by atoms with E-state index in [0.29, 0.717) is 31.0 Å².